The molecule has 0 aliphatic heterocycles. The molecule has 1 fully saturated rings. The Balaban J connectivity index is 2.87. The maximum atomic E-state index is 6.56. The Hall–Kier alpha value is 0.0649. The van der Waals surface area contributed by atoms with Gasteiger partial charge < -0.3 is 0 Å². The largest absolute Gasteiger partial charge is 0.0753 e. The molecule has 74 valence electrons. The number of hydrogen-bond acceptors (Lipinski definition) is 0. The molecular weight excluding hydrogens is 155 g/mol. The molecule has 0 nitrogen and oxygen atoms in total. The normalized spacial score (nSPS) is 33.2. The number of rotatable bonds is 3. The molecule has 1 aliphatic rings. The van der Waals surface area contributed by atoms with Crippen LogP contribution >= 0.6 is 0 Å². The van der Waals surface area contributed by atoms with Gasteiger partial charge in [-0.05, 0) is 11.8 Å². The maximum Gasteiger partial charge on any atom is 0.0753 e. The standard InChI is InChI=1S/C12H23B/c1-4-11(5-2)9-7-8-10-12(11,13)6-3/h4-10H2,1-3H3. The predicted molar refractivity (Wildman–Crippen MR) is 60.2 cm³/mol. The van der Waals surface area contributed by atoms with Crippen LogP contribution in [-0.4, -0.2) is 7.85 Å². The highest BCUT2D eigenvalue weighted by Crippen LogP contribution is 2.59. The van der Waals surface area contributed by atoms with Crippen molar-refractivity contribution >= 4 is 7.85 Å². The minimum absolute atomic E-state index is 0.134. The first kappa shape index (κ1) is 11.1. The first-order chi connectivity index (χ1) is 6.14. The Labute approximate surface area is 84.9 Å². The third kappa shape index (κ3) is 1.67. The van der Waals surface area contributed by atoms with E-state index in [9.17, 15) is 0 Å². The molecule has 0 N–H and O–H groups in total. The predicted octanol–water partition coefficient (Wildman–Crippen LogP) is 4.10. The highest BCUT2D eigenvalue weighted by molar-refractivity contribution is 6.15. The van der Waals surface area contributed by atoms with E-state index < -0.39 is 0 Å². The van der Waals surface area contributed by atoms with E-state index in [1.54, 1.807) is 0 Å². The van der Waals surface area contributed by atoms with Gasteiger partial charge in [-0.3, -0.25) is 0 Å². The zero-order valence-electron chi connectivity index (χ0n) is 9.53. The van der Waals surface area contributed by atoms with Gasteiger partial charge in [-0.25, -0.2) is 0 Å². The lowest BCUT2D eigenvalue weighted by atomic mass is 9.44. The second kappa shape index (κ2) is 4.06. The van der Waals surface area contributed by atoms with Gasteiger partial charge in [-0.1, -0.05) is 64.6 Å². The maximum absolute atomic E-state index is 6.56. The van der Waals surface area contributed by atoms with E-state index in [-0.39, 0.29) is 5.31 Å². The quantitative estimate of drug-likeness (QED) is 0.570. The Kier molecular flexibility index (Phi) is 3.48. The summed E-state index contributed by atoms with van der Waals surface area (Å²) in [4.78, 5) is 0. The van der Waals surface area contributed by atoms with E-state index in [0.29, 0.717) is 5.41 Å². The second-order valence-electron chi connectivity index (χ2n) is 4.70. The van der Waals surface area contributed by atoms with Crippen molar-refractivity contribution in [2.75, 3.05) is 0 Å². The molecule has 0 saturated heterocycles. The lowest BCUT2D eigenvalue weighted by Gasteiger charge is -2.52. The molecule has 1 unspecified atom stereocenters. The van der Waals surface area contributed by atoms with Crippen LogP contribution in [0.4, 0.5) is 0 Å². The second-order valence-corrected chi connectivity index (χ2v) is 4.70. The van der Waals surface area contributed by atoms with E-state index in [2.05, 4.69) is 20.8 Å². The molecular formula is C12H23B. The Bertz CT molecular complexity index is 161. The van der Waals surface area contributed by atoms with Crippen molar-refractivity contribution in [2.45, 2.75) is 71.0 Å². The van der Waals surface area contributed by atoms with Gasteiger partial charge in [0.1, 0.15) is 0 Å². The molecule has 1 atom stereocenters. The van der Waals surface area contributed by atoms with Crippen LogP contribution in [0, 0.1) is 5.41 Å². The van der Waals surface area contributed by atoms with Gasteiger partial charge in [0.2, 0.25) is 0 Å². The van der Waals surface area contributed by atoms with Gasteiger partial charge >= 0.3 is 0 Å². The summed E-state index contributed by atoms with van der Waals surface area (Å²) in [6, 6.07) is 0. The van der Waals surface area contributed by atoms with Crippen molar-refractivity contribution in [1.82, 2.24) is 0 Å². The zero-order chi connectivity index (χ0) is 9.95. The van der Waals surface area contributed by atoms with Crippen LogP contribution in [0.15, 0.2) is 0 Å². The topological polar surface area (TPSA) is 0 Å². The average Bonchev–Trinajstić information content (AvgIpc) is 2.19. The van der Waals surface area contributed by atoms with E-state index in [1.165, 1.54) is 38.5 Å². The van der Waals surface area contributed by atoms with Crippen molar-refractivity contribution < 1.29 is 0 Å². The molecule has 0 aromatic rings. The van der Waals surface area contributed by atoms with Crippen LogP contribution in [0.25, 0.3) is 0 Å². The fourth-order valence-corrected chi connectivity index (χ4v) is 3.28. The molecule has 1 rings (SSSR count). The lowest BCUT2D eigenvalue weighted by Crippen LogP contribution is -2.38. The van der Waals surface area contributed by atoms with Crippen molar-refractivity contribution in [3.63, 3.8) is 0 Å². The molecule has 2 radical (unpaired) electrons. The molecule has 1 heteroatoms. The van der Waals surface area contributed by atoms with Crippen molar-refractivity contribution in [3.8, 4) is 0 Å². The van der Waals surface area contributed by atoms with Crippen LogP contribution in [-0.2, 0) is 0 Å². The third-order valence-corrected chi connectivity index (χ3v) is 4.57. The third-order valence-electron chi connectivity index (χ3n) is 4.57. The Morgan fingerprint density at radius 3 is 1.85 bits per heavy atom. The van der Waals surface area contributed by atoms with Gasteiger partial charge in [0.25, 0.3) is 0 Å². The van der Waals surface area contributed by atoms with E-state index in [1.807, 2.05) is 0 Å². The molecule has 1 saturated carbocycles. The number of hydrogen-bond donors (Lipinski definition) is 0. The highest BCUT2D eigenvalue weighted by atomic mass is 14.5. The van der Waals surface area contributed by atoms with Crippen molar-refractivity contribution in [3.05, 3.63) is 0 Å². The summed E-state index contributed by atoms with van der Waals surface area (Å²) in [5.74, 6) is 0. The Morgan fingerprint density at radius 1 is 0.923 bits per heavy atom. The summed E-state index contributed by atoms with van der Waals surface area (Å²) in [5, 5.41) is 0.134. The molecule has 0 heterocycles. The lowest BCUT2D eigenvalue weighted by molar-refractivity contribution is 0.0955. The molecule has 1 aliphatic carbocycles. The van der Waals surface area contributed by atoms with E-state index in [0.717, 1.165) is 6.42 Å². The monoisotopic (exact) mass is 178 g/mol. The van der Waals surface area contributed by atoms with E-state index >= 15 is 0 Å². The zero-order valence-corrected chi connectivity index (χ0v) is 9.53. The summed E-state index contributed by atoms with van der Waals surface area (Å²) >= 11 is 0. The summed E-state index contributed by atoms with van der Waals surface area (Å²) in [6.07, 6.45) is 8.98. The minimum atomic E-state index is 0.134. The summed E-state index contributed by atoms with van der Waals surface area (Å²) < 4.78 is 0. The van der Waals surface area contributed by atoms with Crippen LogP contribution in [0.5, 0.6) is 0 Å². The van der Waals surface area contributed by atoms with Crippen LogP contribution in [0.1, 0.15) is 65.7 Å². The molecule has 13 heavy (non-hydrogen) atoms. The van der Waals surface area contributed by atoms with Gasteiger partial charge in [0.15, 0.2) is 0 Å². The first-order valence-corrected chi connectivity index (χ1v) is 5.93. The highest BCUT2D eigenvalue weighted by Gasteiger charge is 2.44. The Morgan fingerprint density at radius 2 is 1.46 bits per heavy atom. The summed E-state index contributed by atoms with van der Waals surface area (Å²) in [5.41, 5.74) is 0.444. The van der Waals surface area contributed by atoms with Gasteiger partial charge in [0.05, 0.1) is 7.85 Å². The summed E-state index contributed by atoms with van der Waals surface area (Å²) in [6.45, 7) is 6.88. The fourth-order valence-electron chi connectivity index (χ4n) is 3.28. The van der Waals surface area contributed by atoms with Crippen molar-refractivity contribution in [2.24, 2.45) is 5.41 Å². The van der Waals surface area contributed by atoms with Gasteiger partial charge in [0, 0.05) is 0 Å². The van der Waals surface area contributed by atoms with Crippen LogP contribution in [0.3, 0.4) is 0 Å². The summed E-state index contributed by atoms with van der Waals surface area (Å²) in [7, 11) is 6.56. The molecule has 0 aromatic heterocycles. The average molecular weight is 178 g/mol. The van der Waals surface area contributed by atoms with Crippen LogP contribution in [0.2, 0.25) is 5.31 Å². The molecule has 0 bridgehead atoms. The smallest absolute Gasteiger partial charge is 0.0655 e. The van der Waals surface area contributed by atoms with Crippen molar-refractivity contribution in [1.29, 1.82) is 0 Å². The first-order valence-electron chi connectivity index (χ1n) is 5.93. The molecule has 0 aromatic carbocycles. The molecule has 0 spiro atoms. The SMILES string of the molecule is [B]C1(CC)CCCCC1(CC)CC. The minimum Gasteiger partial charge on any atom is -0.0655 e. The fraction of sp³-hybridized carbons (Fsp3) is 1.00. The molecule has 0 amide bonds. The van der Waals surface area contributed by atoms with Crippen LogP contribution < -0.4 is 0 Å². The van der Waals surface area contributed by atoms with E-state index in [4.69, 9.17) is 7.85 Å². The van der Waals surface area contributed by atoms with Gasteiger partial charge in [-0.2, -0.15) is 0 Å². The van der Waals surface area contributed by atoms with Gasteiger partial charge in [-0.15, -0.1) is 0 Å².